The molecule has 1 amide bonds. The van der Waals surface area contributed by atoms with Gasteiger partial charge >= 0.3 is 5.97 Å². The predicted octanol–water partition coefficient (Wildman–Crippen LogP) is 2.12. The summed E-state index contributed by atoms with van der Waals surface area (Å²) in [6.07, 6.45) is 0. The Labute approximate surface area is 156 Å². The van der Waals surface area contributed by atoms with E-state index in [0.29, 0.717) is 5.56 Å². The van der Waals surface area contributed by atoms with Gasteiger partial charge in [0.05, 0.1) is 13.0 Å². The van der Waals surface area contributed by atoms with Crippen LogP contribution in [0.3, 0.4) is 0 Å². The van der Waals surface area contributed by atoms with E-state index in [1.54, 1.807) is 30.3 Å². The van der Waals surface area contributed by atoms with Crippen molar-refractivity contribution in [3.63, 3.8) is 0 Å². The number of methoxy groups -OCH3 is 1. The average Bonchev–Trinajstić information content (AvgIpc) is 3.04. The van der Waals surface area contributed by atoms with Gasteiger partial charge in [0, 0.05) is 17.4 Å². The second-order valence-corrected chi connectivity index (χ2v) is 6.51. The van der Waals surface area contributed by atoms with E-state index in [1.165, 1.54) is 7.11 Å². The summed E-state index contributed by atoms with van der Waals surface area (Å²) < 4.78 is 5.02. The molecule has 0 saturated carbocycles. The second-order valence-electron chi connectivity index (χ2n) is 6.51. The van der Waals surface area contributed by atoms with Crippen LogP contribution in [0.1, 0.15) is 23.0 Å². The number of benzene rings is 2. The first-order valence-corrected chi connectivity index (χ1v) is 8.60. The van der Waals surface area contributed by atoms with Gasteiger partial charge in [0.2, 0.25) is 12.5 Å². The lowest BCUT2D eigenvalue weighted by molar-refractivity contribution is -0.485. The second kappa shape index (κ2) is 7.57. The van der Waals surface area contributed by atoms with Gasteiger partial charge in [-0.1, -0.05) is 60.7 Å². The molecule has 7 nitrogen and oxygen atoms in total. The van der Waals surface area contributed by atoms with Crippen LogP contribution >= 0.6 is 0 Å². The molecule has 0 spiro atoms. The summed E-state index contributed by atoms with van der Waals surface area (Å²) in [5.74, 6) is -2.85. The number of carbonyl (C=O) groups is 2. The highest BCUT2D eigenvalue weighted by atomic mass is 16.6. The number of amides is 1. The van der Waals surface area contributed by atoms with Gasteiger partial charge in [-0.3, -0.25) is 19.7 Å². The molecule has 0 bridgehead atoms. The molecule has 3 rings (SSSR count). The lowest BCUT2D eigenvalue weighted by Gasteiger charge is -2.35. The van der Waals surface area contributed by atoms with E-state index >= 15 is 0 Å². The third-order valence-electron chi connectivity index (χ3n) is 5.20. The van der Waals surface area contributed by atoms with Crippen molar-refractivity contribution in [3.05, 3.63) is 81.9 Å². The molecule has 1 aliphatic rings. The van der Waals surface area contributed by atoms with E-state index in [0.717, 1.165) is 5.56 Å². The average molecular weight is 368 g/mol. The molecule has 2 aromatic carbocycles. The predicted molar refractivity (Wildman–Crippen MR) is 97.7 cm³/mol. The number of rotatable bonds is 6. The van der Waals surface area contributed by atoms with Crippen molar-refractivity contribution in [2.75, 3.05) is 20.2 Å². The molecule has 1 saturated heterocycles. The van der Waals surface area contributed by atoms with Crippen LogP contribution in [-0.2, 0) is 14.3 Å². The van der Waals surface area contributed by atoms with Crippen LogP contribution in [0.25, 0.3) is 0 Å². The number of ether oxygens (including phenoxy) is 1. The summed E-state index contributed by atoms with van der Waals surface area (Å²) in [4.78, 5) is 37.0. The topological polar surface area (TPSA) is 98.5 Å². The first-order chi connectivity index (χ1) is 13.0. The van der Waals surface area contributed by atoms with E-state index in [9.17, 15) is 19.7 Å². The Bertz CT molecular complexity index is 840. The lowest BCUT2D eigenvalue weighted by Crippen LogP contribution is -2.49. The number of hydrogen-bond donors (Lipinski definition) is 1. The van der Waals surface area contributed by atoms with Crippen LogP contribution in [0.4, 0.5) is 0 Å². The molecule has 1 N–H and O–H groups in total. The van der Waals surface area contributed by atoms with Crippen LogP contribution in [0, 0.1) is 15.5 Å². The van der Waals surface area contributed by atoms with Crippen LogP contribution < -0.4 is 5.32 Å². The molecule has 2 aromatic rings. The summed E-state index contributed by atoms with van der Waals surface area (Å²) in [6.45, 7) is -0.352. The molecule has 140 valence electrons. The Morgan fingerprint density at radius 1 is 1.22 bits per heavy atom. The fraction of sp³-hybridized carbons (Fsp3) is 0.300. The first kappa shape index (κ1) is 18.6. The van der Waals surface area contributed by atoms with E-state index < -0.39 is 40.6 Å². The van der Waals surface area contributed by atoms with Crippen LogP contribution in [-0.4, -0.2) is 37.0 Å². The number of carbonyl (C=O) groups excluding carboxylic acids is 2. The van der Waals surface area contributed by atoms with Gasteiger partial charge in [-0.05, 0) is 11.1 Å². The number of nitro groups is 1. The molecule has 0 radical (unpaired) electrons. The minimum absolute atomic E-state index is 0.207. The zero-order valence-corrected chi connectivity index (χ0v) is 14.8. The molecule has 1 fully saturated rings. The van der Waals surface area contributed by atoms with Crippen molar-refractivity contribution >= 4 is 11.9 Å². The van der Waals surface area contributed by atoms with Crippen molar-refractivity contribution in [1.82, 2.24) is 5.32 Å². The largest absolute Gasteiger partial charge is 0.468 e. The maximum Gasteiger partial charge on any atom is 0.322 e. The van der Waals surface area contributed by atoms with Crippen LogP contribution in [0.2, 0.25) is 0 Å². The molecule has 0 aliphatic carbocycles. The maximum absolute atomic E-state index is 13.0. The standard InChI is InChI=1S/C20H20N2O5/c1-27-19(24)20(17(13-22(25)26)15-10-6-3-7-11-15)16(12-21-18(20)23)14-8-4-2-5-9-14/h2-11,16-17H,12-13H2,1H3,(H,21,23)/t16-,17+,20+/m1/s1. The summed E-state index contributed by atoms with van der Waals surface area (Å²) in [7, 11) is 1.20. The molecule has 7 heteroatoms. The molecule has 27 heavy (non-hydrogen) atoms. The van der Waals surface area contributed by atoms with Gasteiger partial charge in [0.15, 0.2) is 5.41 Å². The minimum Gasteiger partial charge on any atom is -0.468 e. The van der Waals surface area contributed by atoms with Crippen LogP contribution in [0.15, 0.2) is 60.7 Å². The summed E-state index contributed by atoms with van der Waals surface area (Å²) in [6, 6.07) is 17.7. The highest BCUT2D eigenvalue weighted by Gasteiger charge is 2.64. The molecule has 0 unspecified atom stereocenters. The third kappa shape index (κ3) is 3.16. The number of nitrogens with one attached hydrogen (secondary N) is 1. The van der Waals surface area contributed by atoms with Crippen molar-refractivity contribution < 1.29 is 19.2 Å². The van der Waals surface area contributed by atoms with Crippen molar-refractivity contribution in [3.8, 4) is 0 Å². The Kier molecular flexibility index (Phi) is 5.21. The fourth-order valence-corrected chi connectivity index (χ4v) is 4.02. The zero-order valence-electron chi connectivity index (χ0n) is 14.8. The summed E-state index contributed by atoms with van der Waals surface area (Å²) in [5, 5.41) is 14.2. The zero-order chi connectivity index (χ0) is 19.4. The Morgan fingerprint density at radius 2 is 1.81 bits per heavy atom. The quantitative estimate of drug-likeness (QED) is 0.364. The molecule has 0 aromatic heterocycles. The maximum atomic E-state index is 13.0. The Balaban J connectivity index is 2.24. The fourth-order valence-electron chi connectivity index (χ4n) is 4.02. The van der Waals surface area contributed by atoms with Gasteiger partial charge in [0.1, 0.15) is 0 Å². The van der Waals surface area contributed by atoms with Gasteiger partial charge in [-0.25, -0.2) is 0 Å². The summed E-state index contributed by atoms with van der Waals surface area (Å²) >= 11 is 0. The number of hydrogen-bond acceptors (Lipinski definition) is 5. The van der Waals surface area contributed by atoms with Gasteiger partial charge in [-0.15, -0.1) is 0 Å². The number of esters is 1. The van der Waals surface area contributed by atoms with Crippen molar-refractivity contribution in [1.29, 1.82) is 0 Å². The van der Waals surface area contributed by atoms with Crippen LogP contribution in [0.5, 0.6) is 0 Å². The van der Waals surface area contributed by atoms with E-state index in [1.807, 2.05) is 30.3 Å². The molecule has 3 atom stereocenters. The minimum atomic E-state index is -1.72. The highest BCUT2D eigenvalue weighted by molar-refractivity contribution is 6.06. The summed E-state index contributed by atoms with van der Waals surface area (Å²) in [5.41, 5.74) is -0.409. The van der Waals surface area contributed by atoms with E-state index in [-0.39, 0.29) is 6.54 Å². The van der Waals surface area contributed by atoms with E-state index in [4.69, 9.17) is 4.74 Å². The Morgan fingerprint density at radius 3 is 2.37 bits per heavy atom. The van der Waals surface area contributed by atoms with Gasteiger partial charge in [-0.2, -0.15) is 0 Å². The van der Waals surface area contributed by atoms with E-state index in [2.05, 4.69) is 5.32 Å². The normalized spacial score (nSPS) is 22.7. The lowest BCUT2D eigenvalue weighted by atomic mass is 9.63. The highest BCUT2D eigenvalue weighted by Crippen LogP contribution is 2.51. The molecular formula is C20H20N2O5. The van der Waals surface area contributed by atoms with Crippen molar-refractivity contribution in [2.24, 2.45) is 5.41 Å². The number of nitrogens with zero attached hydrogens (tertiary/aromatic N) is 1. The smallest absolute Gasteiger partial charge is 0.322 e. The van der Waals surface area contributed by atoms with Gasteiger partial charge < -0.3 is 10.1 Å². The first-order valence-electron chi connectivity index (χ1n) is 8.60. The van der Waals surface area contributed by atoms with Crippen molar-refractivity contribution in [2.45, 2.75) is 11.8 Å². The Hall–Kier alpha value is -3.22. The monoisotopic (exact) mass is 368 g/mol. The van der Waals surface area contributed by atoms with Gasteiger partial charge in [0.25, 0.3) is 0 Å². The SMILES string of the molecule is COC(=O)[C@@]1([C@@H](C[N+](=O)[O-])c2ccccc2)C(=O)NC[C@@H]1c1ccccc1. The third-order valence-corrected chi connectivity index (χ3v) is 5.20. The molecular weight excluding hydrogens is 348 g/mol. The molecule has 1 aliphatic heterocycles. The molecule has 1 heterocycles.